The van der Waals surface area contributed by atoms with Crippen molar-refractivity contribution in [2.75, 3.05) is 7.11 Å². The van der Waals surface area contributed by atoms with Crippen molar-refractivity contribution in [3.8, 4) is 0 Å². The normalized spacial score (nSPS) is 16.3. The van der Waals surface area contributed by atoms with Crippen molar-refractivity contribution in [1.82, 2.24) is 0 Å². The molecule has 2 N–H and O–H groups in total. The van der Waals surface area contributed by atoms with Gasteiger partial charge in [0.15, 0.2) is 0 Å². The number of nitrogens with two attached hydrogens (primary N) is 1. The number of hydrogen-bond acceptors (Lipinski definition) is 4. The molecular formula is C13H21NO2S. The Bertz CT molecular complexity index is 389. The Labute approximate surface area is 107 Å². The summed E-state index contributed by atoms with van der Waals surface area (Å²) in [4.78, 5) is 12.8. The second kappa shape index (κ2) is 5.65. The molecule has 4 heteroatoms. The Balaban J connectivity index is 3.10. The standard InChI is InChI=1S/C13H21NO2S/c1-5-10(14)13(3,8-11(15)16-4)12-9(2)6-7-17-12/h6-7,10H,5,8,14H2,1-4H3. The van der Waals surface area contributed by atoms with Crippen LogP contribution in [0.25, 0.3) is 0 Å². The van der Waals surface area contributed by atoms with E-state index in [1.54, 1.807) is 11.3 Å². The average molecular weight is 255 g/mol. The third-order valence-electron chi connectivity index (χ3n) is 3.38. The largest absolute Gasteiger partial charge is 0.469 e. The first-order valence-electron chi connectivity index (χ1n) is 5.82. The van der Waals surface area contributed by atoms with Gasteiger partial charge >= 0.3 is 5.97 Å². The van der Waals surface area contributed by atoms with E-state index in [2.05, 4.69) is 19.9 Å². The first kappa shape index (κ1) is 14.2. The summed E-state index contributed by atoms with van der Waals surface area (Å²) < 4.78 is 4.79. The van der Waals surface area contributed by atoms with Crippen molar-refractivity contribution in [3.63, 3.8) is 0 Å². The summed E-state index contributed by atoms with van der Waals surface area (Å²) in [6.07, 6.45) is 1.17. The Hall–Kier alpha value is -0.870. The maximum Gasteiger partial charge on any atom is 0.306 e. The molecule has 17 heavy (non-hydrogen) atoms. The van der Waals surface area contributed by atoms with Gasteiger partial charge in [-0.15, -0.1) is 11.3 Å². The maximum atomic E-state index is 11.6. The van der Waals surface area contributed by atoms with Gasteiger partial charge in [0.25, 0.3) is 0 Å². The number of esters is 1. The predicted octanol–water partition coefficient (Wildman–Crippen LogP) is 2.61. The number of ether oxygens (including phenoxy) is 1. The number of carbonyl (C=O) groups is 1. The van der Waals surface area contributed by atoms with Crippen LogP contribution in [0.4, 0.5) is 0 Å². The zero-order chi connectivity index (χ0) is 13.1. The molecule has 2 atom stereocenters. The van der Waals surface area contributed by atoms with Crippen LogP contribution in [0.15, 0.2) is 11.4 Å². The summed E-state index contributed by atoms with van der Waals surface area (Å²) in [5.74, 6) is -0.204. The van der Waals surface area contributed by atoms with Gasteiger partial charge < -0.3 is 10.5 Å². The van der Waals surface area contributed by atoms with Crippen LogP contribution in [0.1, 0.15) is 37.1 Å². The number of methoxy groups -OCH3 is 1. The maximum absolute atomic E-state index is 11.6. The summed E-state index contributed by atoms with van der Waals surface area (Å²) in [6, 6.07) is 2.02. The summed E-state index contributed by atoms with van der Waals surface area (Å²) >= 11 is 1.66. The second-order valence-corrected chi connectivity index (χ2v) is 5.53. The van der Waals surface area contributed by atoms with Crippen LogP contribution in [0, 0.1) is 6.92 Å². The summed E-state index contributed by atoms with van der Waals surface area (Å²) in [5, 5.41) is 2.04. The van der Waals surface area contributed by atoms with E-state index in [0.29, 0.717) is 6.42 Å². The average Bonchev–Trinajstić information content (AvgIpc) is 2.74. The molecule has 0 saturated heterocycles. The molecule has 0 bridgehead atoms. The third kappa shape index (κ3) is 2.87. The first-order chi connectivity index (χ1) is 7.95. The highest BCUT2D eigenvalue weighted by Crippen LogP contribution is 2.37. The molecule has 1 aromatic rings. The fourth-order valence-corrected chi connectivity index (χ4v) is 3.32. The van der Waals surface area contributed by atoms with Gasteiger partial charge in [0, 0.05) is 16.3 Å². The van der Waals surface area contributed by atoms with Crippen molar-refractivity contribution < 1.29 is 9.53 Å². The minimum Gasteiger partial charge on any atom is -0.469 e. The van der Waals surface area contributed by atoms with Crippen molar-refractivity contribution >= 4 is 17.3 Å². The van der Waals surface area contributed by atoms with E-state index >= 15 is 0 Å². The Morgan fingerprint density at radius 1 is 1.65 bits per heavy atom. The van der Waals surface area contributed by atoms with Crippen LogP contribution >= 0.6 is 11.3 Å². The van der Waals surface area contributed by atoms with Crippen molar-refractivity contribution in [2.45, 2.75) is 45.1 Å². The van der Waals surface area contributed by atoms with Crippen LogP contribution in [0.5, 0.6) is 0 Å². The van der Waals surface area contributed by atoms with E-state index in [1.165, 1.54) is 17.6 Å². The van der Waals surface area contributed by atoms with Gasteiger partial charge in [-0.3, -0.25) is 4.79 Å². The number of rotatable bonds is 5. The highest BCUT2D eigenvalue weighted by molar-refractivity contribution is 7.10. The Morgan fingerprint density at radius 2 is 2.29 bits per heavy atom. The molecule has 0 radical (unpaired) electrons. The molecule has 0 aliphatic heterocycles. The minimum atomic E-state index is -0.333. The number of carbonyl (C=O) groups excluding carboxylic acids is 1. The van der Waals surface area contributed by atoms with Crippen molar-refractivity contribution in [2.24, 2.45) is 5.73 Å². The van der Waals surface area contributed by atoms with Crippen LogP contribution in [-0.4, -0.2) is 19.1 Å². The molecular weight excluding hydrogens is 234 g/mol. The summed E-state index contributed by atoms with van der Waals surface area (Å²) in [6.45, 7) is 6.16. The van der Waals surface area contributed by atoms with Crippen molar-refractivity contribution in [3.05, 3.63) is 21.9 Å². The van der Waals surface area contributed by atoms with Gasteiger partial charge in [0.05, 0.1) is 13.5 Å². The van der Waals surface area contributed by atoms with Crippen LogP contribution in [0.2, 0.25) is 0 Å². The topological polar surface area (TPSA) is 52.3 Å². The Kier molecular flexibility index (Phi) is 4.71. The monoisotopic (exact) mass is 255 g/mol. The quantitative estimate of drug-likeness (QED) is 0.823. The predicted molar refractivity (Wildman–Crippen MR) is 71.3 cm³/mol. The number of thiophene rings is 1. The van der Waals surface area contributed by atoms with Crippen molar-refractivity contribution in [1.29, 1.82) is 0 Å². The molecule has 1 heterocycles. The van der Waals surface area contributed by atoms with E-state index in [1.807, 2.05) is 12.3 Å². The number of hydrogen-bond donors (Lipinski definition) is 1. The smallest absolute Gasteiger partial charge is 0.306 e. The molecule has 0 aromatic carbocycles. The molecule has 1 rings (SSSR count). The van der Waals surface area contributed by atoms with Gasteiger partial charge in [-0.25, -0.2) is 0 Å². The molecule has 96 valence electrons. The molecule has 0 fully saturated rings. The molecule has 2 unspecified atom stereocenters. The lowest BCUT2D eigenvalue weighted by Gasteiger charge is -2.34. The molecule has 0 aliphatic carbocycles. The van der Waals surface area contributed by atoms with E-state index in [-0.39, 0.29) is 17.4 Å². The van der Waals surface area contributed by atoms with Gasteiger partial charge in [-0.1, -0.05) is 13.8 Å². The van der Waals surface area contributed by atoms with Gasteiger partial charge in [0.1, 0.15) is 0 Å². The zero-order valence-corrected chi connectivity index (χ0v) is 11.8. The summed E-state index contributed by atoms with van der Waals surface area (Å²) in [7, 11) is 1.42. The lowest BCUT2D eigenvalue weighted by molar-refractivity contribution is -0.142. The van der Waals surface area contributed by atoms with E-state index < -0.39 is 0 Å². The van der Waals surface area contributed by atoms with E-state index in [9.17, 15) is 4.79 Å². The molecule has 3 nitrogen and oxygen atoms in total. The zero-order valence-electron chi connectivity index (χ0n) is 10.9. The van der Waals surface area contributed by atoms with E-state index in [0.717, 1.165) is 6.42 Å². The van der Waals surface area contributed by atoms with Crippen LogP contribution < -0.4 is 5.73 Å². The highest BCUT2D eigenvalue weighted by atomic mass is 32.1. The van der Waals surface area contributed by atoms with Crippen LogP contribution in [0.3, 0.4) is 0 Å². The van der Waals surface area contributed by atoms with Crippen LogP contribution in [-0.2, 0) is 14.9 Å². The molecule has 0 aliphatic rings. The van der Waals surface area contributed by atoms with E-state index in [4.69, 9.17) is 10.5 Å². The lowest BCUT2D eigenvalue weighted by atomic mass is 9.76. The third-order valence-corrected chi connectivity index (χ3v) is 4.67. The fraction of sp³-hybridized carbons (Fsp3) is 0.615. The minimum absolute atomic E-state index is 0.0426. The van der Waals surface area contributed by atoms with Gasteiger partial charge in [0.2, 0.25) is 0 Å². The molecule has 1 aromatic heterocycles. The highest BCUT2D eigenvalue weighted by Gasteiger charge is 2.37. The van der Waals surface area contributed by atoms with Gasteiger partial charge in [-0.05, 0) is 30.4 Å². The summed E-state index contributed by atoms with van der Waals surface area (Å²) in [5.41, 5.74) is 7.08. The molecule has 0 amide bonds. The first-order valence-corrected chi connectivity index (χ1v) is 6.70. The molecule has 0 spiro atoms. The fourth-order valence-electron chi connectivity index (χ4n) is 2.16. The second-order valence-electron chi connectivity index (χ2n) is 4.62. The SMILES string of the molecule is CCC(N)C(C)(CC(=O)OC)c1sccc1C. The Morgan fingerprint density at radius 3 is 2.71 bits per heavy atom. The number of aryl methyl sites for hydroxylation is 1. The lowest BCUT2D eigenvalue weighted by Crippen LogP contribution is -2.44. The van der Waals surface area contributed by atoms with Gasteiger partial charge in [-0.2, -0.15) is 0 Å². The molecule has 0 saturated carbocycles.